The molecule has 1 N–H and O–H groups in total. The van der Waals surface area contributed by atoms with Gasteiger partial charge in [0.1, 0.15) is 17.5 Å². The summed E-state index contributed by atoms with van der Waals surface area (Å²) in [5.41, 5.74) is 0. The highest BCUT2D eigenvalue weighted by Crippen LogP contribution is 2.05. The lowest BCUT2D eigenvalue weighted by Crippen LogP contribution is -2.64. The van der Waals surface area contributed by atoms with E-state index in [1.807, 2.05) is 0 Å². The largest absolute Gasteiger partial charge is 0.344 e. The Kier molecular flexibility index (Phi) is 6.26. The minimum absolute atomic E-state index is 0.951. The van der Waals surface area contributed by atoms with Crippen LogP contribution in [0.3, 0.4) is 0 Å². The Bertz CT molecular complexity index is 854. The number of rotatable bonds is 6. The van der Waals surface area contributed by atoms with Gasteiger partial charge in [-0.1, -0.05) is 97.5 Å². The molecule has 3 aromatic carbocycles. The molecule has 0 aliphatic heterocycles. The molecule has 2 nitrogen and oxygen atoms in total. The lowest BCUT2D eigenvalue weighted by Gasteiger charge is -2.29. The van der Waals surface area contributed by atoms with Gasteiger partial charge in [-0.05, 0) is 28.7 Å². The number of nitrogens with one attached hydrogen (secondary N) is 1. The van der Waals surface area contributed by atoms with Crippen molar-refractivity contribution in [1.82, 2.24) is 4.65 Å². The lowest BCUT2D eigenvalue weighted by molar-refractivity contribution is 1.35. The Morgan fingerprint density at radius 1 is 0.808 bits per heavy atom. The van der Waals surface area contributed by atoms with Gasteiger partial charge in [-0.2, -0.15) is 0 Å². The fourth-order valence-electron chi connectivity index (χ4n) is 3.27. The molecular weight excluding hydrogens is 365 g/mol. The van der Waals surface area contributed by atoms with Crippen LogP contribution >= 0.6 is 0 Å². The predicted octanol–water partition coefficient (Wildman–Crippen LogP) is 2.61. The van der Waals surface area contributed by atoms with Crippen LogP contribution in [0.25, 0.3) is 0 Å². The van der Waals surface area contributed by atoms with Gasteiger partial charge in [0.05, 0.1) is 0 Å². The molecule has 3 rings (SSSR count). The second-order valence-corrected chi connectivity index (χ2v) is 15.4. The summed E-state index contributed by atoms with van der Waals surface area (Å²) < 4.78 is 9.54. The molecule has 0 aliphatic carbocycles. The minimum Gasteiger partial charge on any atom is -0.344 e. The van der Waals surface area contributed by atoms with E-state index < -0.39 is 25.9 Å². The number of nitrogens with zero attached hydrogens (tertiary/aromatic N) is 1. The van der Waals surface area contributed by atoms with Crippen LogP contribution in [0.5, 0.6) is 0 Å². The van der Waals surface area contributed by atoms with Gasteiger partial charge in [-0.25, -0.2) is 0 Å². The summed E-state index contributed by atoms with van der Waals surface area (Å²) in [7, 11) is -4.36. The standard InChI is InChI=1S/C21H26N2Si3/c1-24(19-13-7-4-8-14-19)22-26(3,21-17-11-6-12-18-21)23-25(2)20-15-9-5-10-16-20/h4-18,22,24H,1-3H3. The molecule has 0 aromatic heterocycles. The Labute approximate surface area is 161 Å². The normalized spacial score (nSPS) is 15.3. The van der Waals surface area contributed by atoms with Crippen molar-refractivity contribution < 1.29 is 0 Å². The highest BCUT2D eigenvalue weighted by molar-refractivity contribution is 6.98. The summed E-state index contributed by atoms with van der Waals surface area (Å²) in [4.78, 5) is 0. The van der Waals surface area contributed by atoms with Crippen LogP contribution in [0.4, 0.5) is 0 Å². The third-order valence-electron chi connectivity index (χ3n) is 4.72. The molecule has 0 fully saturated rings. The van der Waals surface area contributed by atoms with Gasteiger partial charge in [-0.15, -0.1) is 0 Å². The van der Waals surface area contributed by atoms with Gasteiger partial charge in [0.2, 0.25) is 0 Å². The zero-order valence-corrected chi connectivity index (χ0v) is 18.8. The van der Waals surface area contributed by atoms with Gasteiger partial charge < -0.3 is 8.95 Å². The van der Waals surface area contributed by atoms with Crippen molar-refractivity contribution >= 4 is 41.5 Å². The van der Waals surface area contributed by atoms with Crippen LogP contribution < -0.4 is 20.2 Å². The van der Waals surface area contributed by atoms with Crippen molar-refractivity contribution in [3.05, 3.63) is 91.0 Å². The van der Waals surface area contributed by atoms with E-state index >= 15 is 0 Å². The zero-order valence-electron chi connectivity index (χ0n) is 15.7. The highest BCUT2D eigenvalue weighted by atomic mass is 28.4. The van der Waals surface area contributed by atoms with E-state index in [-0.39, 0.29) is 0 Å². The predicted molar refractivity (Wildman–Crippen MR) is 120 cm³/mol. The van der Waals surface area contributed by atoms with Crippen LogP contribution in [0.1, 0.15) is 0 Å². The minimum atomic E-state index is -2.14. The molecule has 5 heteroatoms. The van der Waals surface area contributed by atoms with E-state index in [9.17, 15) is 0 Å². The first-order chi connectivity index (χ1) is 12.6. The zero-order chi connectivity index (χ0) is 18.4. The van der Waals surface area contributed by atoms with Crippen molar-refractivity contribution in [2.75, 3.05) is 0 Å². The van der Waals surface area contributed by atoms with Crippen molar-refractivity contribution in [2.24, 2.45) is 4.30 Å². The van der Waals surface area contributed by atoms with Crippen LogP contribution in [-0.4, -0.2) is 25.9 Å². The number of hydrogen-bond donors (Lipinski definition) is 1. The number of benzene rings is 3. The average Bonchev–Trinajstić information content (AvgIpc) is 2.70. The SMILES string of the molecule is C[Si](=N[Si](C)(N[SiH](C)c1ccccc1)c1ccccc1)c1ccccc1. The smallest absolute Gasteiger partial charge is 0.265 e. The van der Waals surface area contributed by atoms with Gasteiger partial charge in [0, 0.05) is 0 Å². The van der Waals surface area contributed by atoms with Gasteiger partial charge >= 0.3 is 0 Å². The first-order valence-corrected chi connectivity index (χ1v) is 15.8. The molecule has 2 unspecified atom stereocenters. The summed E-state index contributed by atoms with van der Waals surface area (Å²) in [6.07, 6.45) is 0. The third-order valence-corrected chi connectivity index (χ3v) is 15.8. The van der Waals surface area contributed by atoms with Gasteiger partial charge in [0.15, 0.2) is 0 Å². The summed E-state index contributed by atoms with van der Waals surface area (Å²) in [6, 6.07) is 32.5. The van der Waals surface area contributed by atoms with E-state index in [1.54, 1.807) is 0 Å². The van der Waals surface area contributed by atoms with Crippen molar-refractivity contribution in [2.45, 2.75) is 19.6 Å². The monoisotopic (exact) mass is 390 g/mol. The second kappa shape index (κ2) is 8.64. The van der Waals surface area contributed by atoms with Crippen LogP contribution in [0.15, 0.2) is 95.3 Å². The van der Waals surface area contributed by atoms with Crippen LogP contribution in [0.2, 0.25) is 19.6 Å². The van der Waals surface area contributed by atoms with E-state index in [4.69, 9.17) is 4.30 Å². The summed E-state index contributed by atoms with van der Waals surface area (Å²) in [5.74, 6) is 0. The summed E-state index contributed by atoms with van der Waals surface area (Å²) in [5, 5.41) is 4.19. The molecule has 0 radical (unpaired) electrons. The molecule has 3 aromatic rings. The fraction of sp³-hybridized carbons (Fsp3) is 0.143. The summed E-state index contributed by atoms with van der Waals surface area (Å²) in [6.45, 7) is 7.06. The molecule has 0 aliphatic rings. The van der Waals surface area contributed by atoms with Gasteiger partial charge in [-0.3, -0.25) is 0 Å². The van der Waals surface area contributed by atoms with Crippen LogP contribution in [0, 0.1) is 0 Å². The summed E-state index contributed by atoms with van der Waals surface area (Å²) >= 11 is 0. The first-order valence-electron chi connectivity index (χ1n) is 9.08. The molecule has 0 bridgehead atoms. The topological polar surface area (TPSA) is 24.4 Å². The molecular formula is C21H26N2Si3. The Morgan fingerprint density at radius 2 is 1.31 bits per heavy atom. The number of hydrogen-bond acceptors (Lipinski definition) is 2. The maximum atomic E-state index is 5.48. The maximum Gasteiger partial charge on any atom is 0.265 e. The maximum absolute atomic E-state index is 5.48. The molecule has 2 atom stereocenters. The van der Waals surface area contributed by atoms with Crippen molar-refractivity contribution in [3.63, 3.8) is 0 Å². The highest BCUT2D eigenvalue weighted by Gasteiger charge is 2.32. The van der Waals surface area contributed by atoms with Crippen LogP contribution in [-0.2, 0) is 0 Å². The Hall–Kier alpha value is -1.93. The average molecular weight is 391 g/mol. The fourth-order valence-corrected chi connectivity index (χ4v) is 14.8. The molecule has 132 valence electrons. The van der Waals surface area contributed by atoms with E-state index in [0.29, 0.717) is 0 Å². The molecule has 0 amide bonds. The van der Waals surface area contributed by atoms with E-state index in [2.05, 4.69) is 115 Å². The molecule has 0 saturated heterocycles. The molecule has 0 spiro atoms. The van der Waals surface area contributed by atoms with Crippen molar-refractivity contribution in [3.8, 4) is 0 Å². The Morgan fingerprint density at radius 3 is 1.88 bits per heavy atom. The molecule has 26 heavy (non-hydrogen) atoms. The lowest BCUT2D eigenvalue weighted by atomic mass is 10.4. The molecule has 0 heterocycles. The van der Waals surface area contributed by atoms with Crippen molar-refractivity contribution in [1.29, 1.82) is 0 Å². The first kappa shape index (κ1) is 18.8. The van der Waals surface area contributed by atoms with E-state index in [0.717, 1.165) is 0 Å². The van der Waals surface area contributed by atoms with E-state index in [1.165, 1.54) is 15.6 Å². The quantitative estimate of drug-likeness (QED) is 0.643. The molecule has 0 saturated carbocycles. The third kappa shape index (κ3) is 4.62. The Balaban J connectivity index is 1.98. The second-order valence-electron chi connectivity index (χ2n) is 6.78. The van der Waals surface area contributed by atoms with Gasteiger partial charge in [0.25, 0.3) is 8.40 Å².